The van der Waals surface area contributed by atoms with Crippen molar-refractivity contribution >= 4 is 40.0 Å². The van der Waals surface area contributed by atoms with E-state index in [0.29, 0.717) is 21.2 Å². The number of hydrogen-bond acceptors (Lipinski definition) is 4. The third-order valence-electron chi connectivity index (χ3n) is 3.89. The fraction of sp³-hybridized carbons (Fsp3) is 0.167. The molecule has 0 spiro atoms. The van der Waals surface area contributed by atoms with Gasteiger partial charge in [0.15, 0.2) is 5.03 Å². The minimum absolute atomic E-state index is 0.00750. The van der Waals surface area contributed by atoms with Crippen LogP contribution in [0.5, 0.6) is 0 Å². The monoisotopic (exact) mass is 358 g/mol. The zero-order chi connectivity index (χ0) is 17.4. The molecule has 122 valence electrons. The molecule has 24 heavy (non-hydrogen) atoms. The van der Waals surface area contributed by atoms with Crippen molar-refractivity contribution in [1.82, 2.24) is 4.98 Å². The van der Waals surface area contributed by atoms with Gasteiger partial charge in [0.1, 0.15) is 0 Å². The number of benzene rings is 2. The van der Waals surface area contributed by atoms with E-state index in [1.54, 1.807) is 12.3 Å². The lowest BCUT2D eigenvalue weighted by Gasteiger charge is -2.14. The SMILES string of the molecule is CSc1nc2c(C)cc(C)cc2c(-c2ccccc2Cl)c1[N+](=O)[O-]. The van der Waals surface area contributed by atoms with Crippen LogP contribution in [0.1, 0.15) is 11.1 Å². The van der Waals surface area contributed by atoms with E-state index < -0.39 is 0 Å². The second kappa shape index (κ2) is 6.42. The highest BCUT2D eigenvalue weighted by Crippen LogP contribution is 2.44. The number of nitro groups is 1. The van der Waals surface area contributed by atoms with Gasteiger partial charge in [0, 0.05) is 16.0 Å². The highest BCUT2D eigenvalue weighted by molar-refractivity contribution is 7.98. The molecule has 0 aliphatic heterocycles. The van der Waals surface area contributed by atoms with Gasteiger partial charge in [-0.3, -0.25) is 10.1 Å². The number of fused-ring (bicyclic) bond motifs is 1. The predicted molar refractivity (Wildman–Crippen MR) is 100 cm³/mol. The molecule has 4 nitrogen and oxygen atoms in total. The van der Waals surface area contributed by atoms with Gasteiger partial charge in [0.05, 0.1) is 16.0 Å². The van der Waals surface area contributed by atoms with Crippen LogP contribution in [0.15, 0.2) is 41.4 Å². The molecule has 0 radical (unpaired) electrons. The lowest BCUT2D eigenvalue weighted by molar-refractivity contribution is -0.387. The van der Waals surface area contributed by atoms with Crippen LogP contribution in [0.25, 0.3) is 22.0 Å². The zero-order valence-electron chi connectivity index (χ0n) is 13.5. The minimum Gasteiger partial charge on any atom is -0.258 e. The van der Waals surface area contributed by atoms with Crippen LogP contribution in [-0.4, -0.2) is 16.2 Å². The van der Waals surface area contributed by atoms with Gasteiger partial charge in [-0.25, -0.2) is 4.98 Å². The molecule has 0 amide bonds. The highest BCUT2D eigenvalue weighted by Gasteiger charge is 2.27. The first-order valence-electron chi connectivity index (χ1n) is 7.32. The second-order valence-electron chi connectivity index (χ2n) is 5.56. The van der Waals surface area contributed by atoms with Crippen molar-refractivity contribution in [3.63, 3.8) is 0 Å². The molecule has 0 saturated heterocycles. The maximum Gasteiger partial charge on any atom is 0.309 e. The fourth-order valence-electron chi connectivity index (χ4n) is 2.94. The van der Waals surface area contributed by atoms with Gasteiger partial charge in [0.2, 0.25) is 0 Å². The van der Waals surface area contributed by atoms with Crippen LogP contribution in [0.4, 0.5) is 5.69 Å². The Morgan fingerprint density at radius 2 is 1.92 bits per heavy atom. The van der Waals surface area contributed by atoms with Gasteiger partial charge in [-0.05, 0) is 37.8 Å². The molecule has 1 aromatic heterocycles. The number of aromatic nitrogens is 1. The van der Waals surface area contributed by atoms with Crippen molar-refractivity contribution in [2.45, 2.75) is 18.9 Å². The lowest BCUT2D eigenvalue weighted by atomic mass is 9.96. The molecule has 0 N–H and O–H groups in total. The van der Waals surface area contributed by atoms with Crippen molar-refractivity contribution < 1.29 is 4.92 Å². The minimum atomic E-state index is -0.366. The largest absolute Gasteiger partial charge is 0.309 e. The highest BCUT2D eigenvalue weighted by atomic mass is 35.5. The van der Waals surface area contributed by atoms with E-state index in [-0.39, 0.29) is 10.6 Å². The zero-order valence-corrected chi connectivity index (χ0v) is 15.0. The van der Waals surface area contributed by atoms with Crippen LogP contribution in [0.3, 0.4) is 0 Å². The van der Waals surface area contributed by atoms with Gasteiger partial charge in [-0.2, -0.15) is 0 Å². The average molecular weight is 359 g/mol. The van der Waals surface area contributed by atoms with Crippen molar-refractivity contribution in [2.75, 3.05) is 6.26 Å². The molecular weight excluding hydrogens is 344 g/mol. The van der Waals surface area contributed by atoms with E-state index in [0.717, 1.165) is 22.0 Å². The van der Waals surface area contributed by atoms with E-state index in [1.165, 1.54) is 11.8 Å². The number of rotatable bonds is 3. The Morgan fingerprint density at radius 3 is 2.54 bits per heavy atom. The van der Waals surface area contributed by atoms with Crippen molar-refractivity contribution in [3.05, 3.63) is 62.7 Å². The Kier molecular flexibility index (Phi) is 4.47. The Morgan fingerprint density at radius 1 is 1.21 bits per heavy atom. The molecule has 2 aromatic carbocycles. The van der Waals surface area contributed by atoms with Gasteiger partial charge in [-0.15, -0.1) is 11.8 Å². The number of hydrogen-bond donors (Lipinski definition) is 0. The molecule has 6 heteroatoms. The number of aryl methyl sites for hydroxylation is 2. The molecule has 0 atom stereocenters. The topological polar surface area (TPSA) is 56.0 Å². The summed E-state index contributed by atoms with van der Waals surface area (Å²) in [5.74, 6) is 0. The Bertz CT molecular complexity index is 973. The Balaban J connectivity index is 2.59. The van der Waals surface area contributed by atoms with E-state index >= 15 is 0 Å². The first-order chi connectivity index (χ1) is 11.4. The molecule has 3 rings (SSSR count). The van der Waals surface area contributed by atoms with E-state index in [2.05, 4.69) is 4.98 Å². The second-order valence-corrected chi connectivity index (χ2v) is 6.76. The molecule has 0 aliphatic carbocycles. The van der Waals surface area contributed by atoms with Gasteiger partial charge >= 0.3 is 5.69 Å². The summed E-state index contributed by atoms with van der Waals surface area (Å²) >= 11 is 7.63. The fourth-order valence-corrected chi connectivity index (χ4v) is 3.72. The first-order valence-corrected chi connectivity index (χ1v) is 8.92. The third-order valence-corrected chi connectivity index (χ3v) is 4.89. The maximum atomic E-state index is 11.8. The van der Waals surface area contributed by atoms with Crippen LogP contribution >= 0.6 is 23.4 Å². The molecule has 0 saturated carbocycles. The Hall–Kier alpha value is -2.11. The van der Waals surface area contributed by atoms with Gasteiger partial charge in [-0.1, -0.05) is 41.4 Å². The predicted octanol–water partition coefficient (Wildman–Crippen LogP) is 5.80. The normalized spacial score (nSPS) is 11.0. The van der Waals surface area contributed by atoms with E-state index in [1.807, 2.05) is 44.2 Å². The molecular formula is C18H15ClN2O2S. The molecule has 0 fully saturated rings. The summed E-state index contributed by atoms with van der Waals surface area (Å²) < 4.78 is 0. The smallest absolute Gasteiger partial charge is 0.258 e. The van der Waals surface area contributed by atoms with Crippen LogP contribution < -0.4 is 0 Å². The third kappa shape index (κ3) is 2.74. The summed E-state index contributed by atoms with van der Waals surface area (Å²) in [5, 5.41) is 13.4. The van der Waals surface area contributed by atoms with Crippen LogP contribution in [-0.2, 0) is 0 Å². The summed E-state index contributed by atoms with van der Waals surface area (Å²) in [6.45, 7) is 3.94. The molecule has 0 bridgehead atoms. The molecule has 3 aromatic rings. The van der Waals surface area contributed by atoms with Crippen molar-refractivity contribution in [3.8, 4) is 11.1 Å². The van der Waals surface area contributed by atoms with Gasteiger partial charge < -0.3 is 0 Å². The standard InChI is InChI=1S/C18H15ClN2O2S/c1-10-8-11(2)16-13(9-10)15(12-6-4-5-7-14(12)19)17(21(22)23)18(20-16)24-3/h4-9H,1-3H3. The van der Waals surface area contributed by atoms with Crippen LogP contribution in [0, 0.1) is 24.0 Å². The summed E-state index contributed by atoms with van der Waals surface area (Å²) in [4.78, 5) is 16.0. The van der Waals surface area contributed by atoms with E-state index in [4.69, 9.17) is 11.6 Å². The first kappa shape index (κ1) is 16.7. The Labute approximate surface area is 149 Å². The molecule has 1 heterocycles. The number of halogens is 1. The van der Waals surface area contributed by atoms with Crippen LogP contribution in [0.2, 0.25) is 5.02 Å². The summed E-state index contributed by atoms with van der Waals surface area (Å²) in [7, 11) is 0. The average Bonchev–Trinajstić information content (AvgIpc) is 2.53. The van der Waals surface area contributed by atoms with E-state index in [9.17, 15) is 10.1 Å². The quantitative estimate of drug-likeness (QED) is 0.337. The summed E-state index contributed by atoms with van der Waals surface area (Å²) in [6, 6.07) is 11.2. The number of pyridine rings is 1. The molecule has 0 aliphatic rings. The van der Waals surface area contributed by atoms with Gasteiger partial charge in [0.25, 0.3) is 0 Å². The number of thioether (sulfide) groups is 1. The summed E-state index contributed by atoms with van der Waals surface area (Å²) in [5.41, 5.74) is 3.98. The lowest BCUT2D eigenvalue weighted by Crippen LogP contribution is -2.00. The molecule has 0 unspecified atom stereocenters. The van der Waals surface area contributed by atoms with Crippen molar-refractivity contribution in [1.29, 1.82) is 0 Å². The number of nitrogens with zero attached hydrogens (tertiary/aromatic N) is 2. The van der Waals surface area contributed by atoms with Crippen molar-refractivity contribution in [2.24, 2.45) is 0 Å². The maximum absolute atomic E-state index is 11.8. The summed E-state index contributed by atoms with van der Waals surface area (Å²) in [6.07, 6.45) is 1.79.